The fraction of sp³-hybridized carbons (Fsp3) is 0.214. The summed E-state index contributed by atoms with van der Waals surface area (Å²) in [7, 11) is -3.67. The summed E-state index contributed by atoms with van der Waals surface area (Å²) in [5, 5.41) is 0. The summed E-state index contributed by atoms with van der Waals surface area (Å²) >= 11 is 0. The van der Waals surface area contributed by atoms with Crippen LogP contribution in [0.5, 0.6) is 0 Å². The number of aryl methyl sites for hydroxylation is 1. The Hall–Kier alpha value is -3.89. The van der Waals surface area contributed by atoms with Crippen molar-refractivity contribution in [1.29, 1.82) is 0 Å². The molecule has 0 aliphatic rings. The Morgan fingerprint density at radius 3 is 2.18 bits per heavy atom. The van der Waals surface area contributed by atoms with E-state index in [4.69, 9.17) is 9.54 Å². The molecular formula is C28H28F2N4O3S. The highest BCUT2D eigenvalue weighted by molar-refractivity contribution is 7.85. The van der Waals surface area contributed by atoms with E-state index >= 15 is 0 Å². The van der Waals surface area contributed by atoms with Crippen LogP contribution in [-0.4, -0.2) is 38.7 Å². The summed E-state index contributed by atoms with van der Waals surface area (Å²) in [5.74, 6) is 0.263. The summed E-state index contributed by atoms with van der Waals surface area (Å²) < 4.78 is 57.2. The van der Waals surface area contributed by atoms with Gasteiger partial charge in [0.2, 0.25) is 0 Å². The SMILES string of the molecule is CS(=O)(=O)O.Cc1nc2ccc(-c3nc(-c4c(F)cccc4F)[nH]c3-c3ccccc3)cc2n1CC(C)C. The molecule has 5 rings (SSSR count). The average Bonchev–Trinajstić information content (AvgIpc) is 3.39. The van der Waals surface area contributed by atoms with Crippen molar-refractivity contribution in [2.45, 2.75) is 27.3 Å². The molecule has 198 valence electrons. The quantitative estimate of drug-likeness (QED) is 0.249. The van der Waals surface area contributed by atoms with Crippen LogP contribution in [0.4, 0.5) is 8.78 Å². The van der Waals surface area contributed by atoms with Gasteiger partial charge in [-0.15, -0.1) is 0 Å². The van der Waals surface area contributed by atoms with Crippen LogP contribution in [0.25, 0.3) is 44.9 Å². The van der Waals surface area contributed by atoms with Gasteiger partial charge in [0, 0.05) is 17.7 Å². The Morgan fingerprint density at radius 2 is 1.58 bits per heavy atom. The van der Waals surface area contributed by atoms with Crippen LogP contribution in [0.3, 0.4) is 0 Å². The van der Waals surface area contributed by atoms with Gasteiger partial charge < -0.3 is 9.55 Å². The van der Waals surface area contributed by atoms with Crippen LogP contribution in [0.15, 0.2) is 66.7 Å². The van der Waals surface area contributed by atoms with Gasteiger partial charge in [0.1, 0.15) is 23.3 Å². The molecule has 38 heavy (non-hydrogen) atoms. The van der Waals surface area contributed by atoms with E-state index in [9.17, 15) is 17.2 Å². The fourth-order valence-corrected chi connectivity index (χ4v) is 4.22. The molecule has 0 amide bonds. The number of aromatic nitrogens is 4. The van der Waals surface area contributed by atoms with Gasteiger partial charge in [0.25, 0.3) is 10.1 Å². The Kier molecular flexibility index (Phi) is 7.75. The summed E-state index contributed by atoms with van der Waals surface area (Å²) in [6, 6.07) is 19.5. The van der Waals surface area contributed by atoms with E-state index in [1.54, 1.807) is 0 Å². The third-order valence-electron chi connectivity index (χ3n) is 5.73. The minimum absolute atomic E-state index is 0.159. The molecule has 0 unspecified atom stereocenters. The number of H-pyrrole nitrogens is 1. The average molecular weight is 539 g/mol. The summed E-state index contributed by atoms with van der Waals surface area (Å²) in [4.78, 5) is 12.6. The maximum Gasteiger partial charge on any atom is 0.261 e. The highest BCUT2D eigenvalue weighted by Crippen LogP contribution is 2.35. The number of halogens is 2. The number of rotatable bonds is 5. The monoisotopic (exact) mass is 538 g/mol. The van der Waals surface area contributed by atoms with Gasteiger partial charge in [-0.2, -0.15) is 8.42 Å². The first-order valence-corrected chi connectivity index (χ1v) is 13.8. The molecule has 0 radical (unpaired) electrons. The summed E-state index contributed by atoms with van der Waals surface area (Å²) in [5.41, 5.74) is 4.84. The van der Waals surface area contributed by atoms with Gasteiger partial charge >= 0.3 is 0 Å². The van der Waals surface area contributed by atoms with Crippen LogP contribution >= 0.6 is 0 Å². The Bertz CT molecular complexity index is 1670. The predicted octanol–water partition coefficient (Wildman–Crippen LogP) is 6.51. The van der Waals surface area contributed by atoms with Crippen molar-refractivity contribution in [2.75, 3.05) is 6.26 Å². The molecular weight excluding hydrogens is 510 g/mol. The first-order valence-electron chi connectivity index (χ1n) is 11.9. The van der Waals surface area contributed by atoms with Gasteiger partial charge in [-0.25, -0.2) is 18.7 Å². The number of nitrogens with zero attached hydrogens (tertiary/aromatic N) is 3. The third kappa shape index (κ3) is 6.15. The molecule has 2 N–H and O–H groups in total. The van der Waals surface area contributed by atoms with E-state index < -0.39 is 21.8 Å². The standard InChI is InChI=1S/C27H24F2N4.CH4O3S/c1-16(2)15-33-17(3)30-22-13-12-19(14-23(22)33)26-25(18-8-5-4-6-9-18)31-27(32-26)24-20(28)10-7-11-21(24)29;1-5(2,3)4/h4-14,16H,15H2,1-3H3,(H,31,32);1H3,(H,2,3,4). The fourth-order valence-electron chi connectivity index (χ4n) is 4.22. The van der Waals surface area contributed by atoms with Crippen LogP contribution in [0.2, 0.25) is 0 Å². The molecule has 0 saturated carbocycles. The highest BCUT2D eigenvalue weighted by Gasteiger charge is 2.21. The topological polar surface area (TPSA) is 101 Å². The van der Waals surface area contributed by atoms with Crippen molar-refractivity contribution in [3.8, 4) is 33.9 Å². The zero-order valence-electron chi connectivity index (χ0n) is 21.4. The largest absolute Gasteiger partial charge is 0.337 e. The van der Waals surface area contributed by atoms with Crippen molar-refractivity contribution in [3.05, 3.63) is 84.2 Å². The van der Waals surface area contributed by atoms with Gasteiger partial charge in [-0.3, -0.25) is 4.55 Å². The number of hydrogen-bond donors (Lipinski definition) is 2. The lowest BCUT2D eigenvalue weighted by atomic mass is 10.0. The van der Waals surface area contributed by atoms with Crippen LogP contribution < -0.4 is 0 Å². The lowest BCUT2D eigenvalue weighted by Gasteiger charge is -2.10. The number of nitrogens with one attached hydrogen (secondary N) is 1. The van der Waals surface area contributed by atoms with Crippen molar-refractivity contribution < 1.29 is 21.8 Å². The summed E-state index contributed by atoms with van der Waals surface area (Å²) in [6.45, 7) is 7.20. The minimum atomic E-state index is -3.67. The Labute approximate surface area is 220 Å². The maximum atomic E-state index is 14.6. The van der Waals surface area contributed by atoms with Crippen molar-refractivity contribution in [1.82, 2.24) is 19.5 Å². The molecule has 0 aliphatic heterocycles. The highest BCUT2D eigenvalue weighted by atomic mass is 32.2. The third-order valence-corrected chi connectivity index (χ3v) is 5.73. The smallest absolute Gasteiger partial charge is 0.261 e. The molecule has 7 nitrogen and oxygen atoms in total. The zero-order chi connectivity index (χ0) is 27.6. The number of benzene rings is 3. The molecule has 2 heterocycles. The molecule has 2 aromatic heterocycles. The molecule has 0 bridgehead atoms. The van der Waals surface area contributed by atoms with E-state index in [1.165, 1.54) is 18.2 Å². The van der Waals surface area contributed by atoms with E-state index in [2.05, 4.69) is 34.4 Å². The molecule has 0 aliphatic carbocycles. The minimum Gasteiger partial charge on any atom is -0.337 e. The maximum absolute atomic E-state index is 14.6. The number of imidazole rings is 2. The molecule has 0 fully saturated rings. The van der Waals surface area contributed by atoms with Crippen molar-refractivity contribution in [3.63, 3.8) is 0 Å². The Morgan fingerprint density at radius 1 is 0.947 bits per heavy atom. The molecule has 5 aromatic rings. The van der Waals surface area contributed by atoms with Crippen LogP contribution in [0.1, 0.15) is 19.7 Å². The van der Waals surface area contributed by atoms with Gasteiger partial charge in [-0.05, 0) is 37.1 Å². The number of aromatic amines is 1. The first kappa shape index (κ1) is 27.2. The van der Waals surface area contributed by atoms with E-state index in [0.29, 0.717) is 23.6 Å². The normalized spacial score (nSPS) is 11.6. The predicted molar refractivity (Wildman–Crippen MR) is 145 cm³/mol. The lowest BCUT2D eigenvalue weighted by molar-refractivity contribution is 0.490. The Balaban J connectivity index is 0.000000617. The number of fused-ring (bicyclic) bond motifs is 1. The van der Waals surface area contributed by atoms with Gasteiger partial charge in [0.15, 0.2) is 0 Å². The van der Waals surface area contributed by atoms with E-state index in [-0.39, 0.29) is 11.4 Å². The lowest BCUT2D eigenvalue weighted by Crippen LogP contribution is -2.06. The van der Waals surface area contributed by atoms with E-state index in [1.807, 2.05) is 49.4 Å². The number of hydrogen-bond acceptors (Lipinski definition) is 4. The first-order chi connectivity index (χ1) is 17.9. The summed E-state index contributed by atoms with van der Waals surface area (Å²) in [6.07, 6.45) is 0.715. The molecule has 0 spiro atoms. The molecule has 10 heteroatoms. The second kappa shape index (κ2) is 10.8. The van der Waals surface area contributed by atoms with E-state index in [0.717, 1.165) is 34.5 Å². The molecule has 0 saturated heterocycles. The second-order valence-electron chi connectivity index (χ2n) is 9.37. The van der Waals surface area contributed by atoms with Gasteiger partial charge in [-0.1, -0.05) is 56.3 Å². The van der Waals surface area contributed by atoms with Crippen molar-refractivity contribution >= 4 is 21.2 Å². The second-order valence-corrected chi connectivity index (χ2v) is 10.8. The molecule has 3 aromatic carbocycles. The van der Waals surface area contributed by atoms with Crippen LogP contribution in [0, 0.1) is 24.5 Å². The van der Waals surface area contributed by atoms with Gasteiger partial charge in [0.05, 0.1) is 34.2 Å². The zero-order valence-corrected chi connectivity index (χ0v) is 22.2. The van der Waals surface area contributed by atoms with Crippen molar-refractivity contribution in [2.24, 2.45) is 5.92 Å². The molecule has 0 atom stereocenters. The van der Waals surface area contributed by atoms with Crippen LogP contribution in [-0.2, 0) is 16.7 Å².